The number of hydrogen-bond donors (Lipinski definition) is 1. The molecule has 94 valence electrons. The van der Waals surface area contributed by atoms with Gasteiger partial charge in [-0.15, -0.1) is 0 Å². The summed E-state index contributed by atoms with van der Waals surface area (Å²) in [5.74, 6) is 0. The van der Waals surface area contributed by atoms with E-state index >= 15 is 0 Å². The molecule has 1 N–H and O–H groups in total. The highest BCUT2D eigenvalue weighted by molar-refractivity contribution is 5.09. The van der Waals surface area contributed by atoms with Crippen molar-refractivity contribution in [2.45, 2.75) is 39.8 Å². The van der Waals surface area contributed by atoms with Crippen molar-refractivity contribution < 1.29 is 0 Å². The lowest BCUT2D eigenvalue weighted by Crippen LogP contribution is -2.37. The number of aromatic nitrogens is 1. The first-order valence-corrected chi connectivity index (χ1v) is 5.87. The van der Waals surface area contributed by atoms with Crippen LogP contribution in [0.25, 0.3) is 0 Å². The van der Waals surface area contributed by atoms with E-state index < -0.39 is 0 Å². The lowest BCUT2D eigenvalue weighted by Gasteiger charge is -2.21. The van der Waals surface area contributed by atoms with Gasteiger partial charge in [-0.3, -0.25) is 4.79 Å². The van der Waals surface area contributed by atoms with Gasteiger partial charge in [0.2, 0.25) is 0 Å². The summed E-state index contributed by atoms with van der Waals surface area (Å²) in [7, 11) is 0. The van der Waals surface area contributed by atoms with Gasteiger partial charge < -0.3 is 9.88 Å². The van der Waals surface area contributed by atoms with Crippen LogP contribution in [0.1, 0.15) is 26.3 Å². The van der Waals surface area contributed by atoms with Gasteiger partial charge in [-0.05, 0) is 39.3 Å². The first-order chi connectivity index (χ1) is 7.79. The molecule has 0 bridgehead atoms. The monoisotopic (exact) mass is 234 g/mol. The van der Waals surface area contributed by atoms with Crippen LogP contribution in [0.3, 0.4) is 0 Å². The maximum atomic E-state index is 11.8. The van der Waals surface area contributed by atoms with E-state index in [9.17, 15) is 4.79 Å². The van der Waals surface area contributed by atoms with Gasteiger partial charge in [-0.2, -0.15) is 0 Å². The van der Waals surface area contributed by atoms with E-state index in [4.69, 9.17) is 0 Å². The Morgan fingerprint density at radius 3 is 2.71 bits per heavy atom. The van der Waals surface area contributed by atoms with Crippen LogP contribution in [0.5, 0.6) is 0 Å². The first-order valence-electron chi connectivity index (χ1n) is 5.87. The molecule has 1 rings (SSSR count). The summed E-state index contributed by atoms with van der Waals surface area (Å²) in [5.41, 5.74) is 1.90. The zero-order chi connectivity index (χ0) is 13.1. The molecule has 0 aliphatic carbocycles. The quantitative estimate of drug-likeness (QED) is 0.810. The standard InChI is InChI=1S/C14H22N2O/c1-11(9-15-14(3,4)5)10-16-8-6-7-12(2)13(16)17/h6-8,15H,1,9-10H2,2-5H3. The van der Waals surface area contributed by atoms with Crippen LogP contribution in [0.2, 0.25) is 0 Å². The van der Waals surface area contributed by atoms with Crippen LogP contribution >= 0.6 is 0 Å². The van der Waals surface area contributed by atoms with E-state index in [1.54, 1.807) is 10.8 Å². The lowest BCUT2D eigenvalue weighted by atomic mass is 10.1. The van der Waals surface area contributed by atoms with Crippen LogP contribution in [0, 0.1) is 6.92 Å². The summed E-state index contributed by atoms with van der Waals surface area (Å²) in [5, 5.41) is 3.36. The number of nitrogens with one attached hydrogen (secondary N) is 1. The van der Waals surface area contributed by atoms with Crippen LogP contribution in [-0.4, -0.2) is 16.7 Å². The topological polar surface area (TPSA) is 34.0 Å². The summed E-state index contributed by atoms with van der Waals surface area (Å²) >= 11 is 0. The van der Waals surface area contributed by atoms with Gasteiger partial charge in [-0.1, -0.05) is 12.6 Å². The first kappa shape index (κ1) is 13.7. The number of aryl methyl sites for hydroxylation is 1. The third-order valence-corrected chi connectivity index (χ3v) is 2.47. The van der Waals surface area contributed by atoms with Gasteiger partial charge >= 0.3 is 0 Å². The maximum Gasteiger partial charge on any atom is 0.253 e. The molecular weight excluding hydrogens is 212 g/mol. The Morgan fingerprint density at radius 2 is 2.12 bits per heavy atom. The molecule has 0 aliphatic rings. The molecule has 1 heterocycles. The van der Waals surface area contributed by atoms with Gasteiger partial charge in [-0.25, -0.2) is 0 Å². The minimum atomic E-state index is 0.0596. The molecule has 0 aromatic carbocycles. The number of rotatable bonds is 4. The summed E-state index contributed by atoms with van der Waals surface area (Å²) in [6.45, 7) is 13.5. The highest BCUT2D eigenvalue weighted by Gasteiger charge is 2.09. The molecule has 3 heteroatoms. The molecule has 17 heavy (non-hydrogen) atoms. The molecule has 1 aromatic heterocycles. The molecule has 1 aromatic rings. The zero-order valence-electron chi connectivity index (χ0n) is 11.2. The fourth-order valence-corrected chi connectivity index (χ4v) is 1.47. The van der Waals surface area contributed by atoms with Gasteiger partial charge in [0.05, 0.1) is 0 Å². The summed E-state index contributed by atoms with van der Waals surface area (Å²) in [6.07, 6.45) is 1.80. The number of hydrogen-bond acceptors (Lipinski definition) is 2. The molecule has 0 aliphatic heterocycles. The van der Waals surface area contributed by atoms with Crippen molar-refractivity contribution in [1.29, 1.82) is 0 Å². The van der Waals surface area contributed by atoms with Crippen molar-refractivity contribution in [3.05, 3.63) is 46.4 Å². The Bertz CT molecular complexity index is 452. The smallest absolute Gasteiger partial charge is 0.253 e. The van der Waals surface area contributed by atoms with Gasteiger partial charge in [0.1, 0.15) is 0 Å². The van der Waals surface area contributed by atoms with Gasteiger partial charge in [0, 0.05) is 30.4 Å². The Labute approximate surface area is 103 Å². The maximum absolute atomic E-state index is 11.8. The molecule has 0 saturated carbocycles. The van der Waals surface area contributed by atoms with E-state index in [1.165, 1.54) is 0 Å². The van der Waals surface area contributed by atoms with E-state index in [1.807, 2.05) is 19.1 Å². The summed E-state index contributed by atoms with van der Waals surface area (Å²) in [6, 6.07) is 3.72. The van der Waals surface area contributed by atoms with Crippen molar-refractivity contribution in [3.63, 3.8) is 0 Å². The Morgan fingerprint density at radius 1 is 1.47 bits per heavy atom. The average molecular weight is 234 g/mol. The van der Waals surface area contributed by atoms with Crippen molar-refractivity contribution in [2.75, 3.05) is 6.54 Å². The third kappa shape index (κ3) is 4.57. The van der Waals surface area contributed by atoms with Crippen molar-refractivity contribution in [3.8, 4) is 0 Å². The Hall–Kier alpha value is -1.35. The predicted molar refractivity (Wildman–Crippen MR) is 72.3 cm³/mol. The molecule has 3 nitrogen and oxygen atoms in total. The number of nitrogens with zero attached hydrogens (tertiary/aromatic N) is 1. The van der Waals surface area contributed by atoms with E-state index in [0.29, 0.717) is 6.54 Å². The lowest BCUT2D eigenvalue weighted by molar-refractivity contribution is 0.440. The molecular formula is C14H22N2O. The second-order valence-corrected chi connectivity index (χ2v) is 5.48. The van der Waals surface area contributed by atoms with Crippen LogP contribution in [0.4, 0.5) is 0 Å². The van der Waals surface area contributed by atoms with E-state index in [-0.39, 0.29) is 11.1 Å². The predicted octanol–water partition coefficient (Wildman–Crippen LogP) is 2.10. The number of pyridine rings is 1. The van der Waals surface area contributed by atoms with Crippen LogP contribution < -0.4 is 10.9 Å². The minimum absolute atomic E-state index is 0.0596. The zero-order valence-corrected chi connectivity index (χ0v) is 11.2. The molecule has 0 fully saturated rings. The molecule has 0 amide bonds. The van der Waals surface area contributed by atoms with Crippen molar-refractivity contribution in [1.82, 2.24) is 9.88 Å². The molecule has 0 saturated heterocycles. The van der Waals surface area contributed by atoms with Crippen LogP contribution in [0.15, 0.2) is 35.3 Å². The largest absolute Gasteiger partial charge is 0.311 e. The Kier molecular flexibility index (Phi) is 4.29. The molecule has 0 unspecified atom stereocenters. The molecule has 0 radical (unpaired) electrons. The second kappa shape index (κ2) is 5.32. The minimum Gasteiger partial charge on any atom is -0.311 e. The van der Waals surface area contributed by atoms with Crippen molar-refractivity contribution >= 4 is 0 Å². The van der Waals surface area contributed by atoms with Crippen molar-refractivity contribution in [2.24, 2.45) is 0 Å². The van der Waals surface area contributed by atoms with E-state index in [2.05, 4.69) is 32.7 Å². The fraction of sp³-hybridized carbons (Fsp3) is 0.500. The highest BCUT2D eigenvalue weighted by atomic mass is 16.1. The molecule has 0 spiro atoms. The highest BCUT2D eigenvalue weighted by Crippen LogP contribution is 2.01. The summed E-state index contributed by atoms with van der Waals surface area (Å²) in [4.78, 5) is 11.8. The normalized spacial score (nSPS) is 11.5. The Balaban J connectivity index is 2.63. The second-order valence-electron chi connectivity index (χ2n) is 5.48. The van der Waals surface area contributed by atoms with Crippen LogP contribution in [-0.2, 0) is 6.54 Å². The molecule has 0 atom stereocenters. The average Bonchev–Trinajstić information content (AvgIpc) is 2.21. The third-order valence-electron chi connectivity index (χ3n) is 2.47. The van der Waals surface area contributed by atoms with E-state index in [0.717, 1.165) is 17.7 Å². The van der Waals surface area contributed by atoms with Gasteiger partial charge in [0.25, 0.3) is 5.56 Å². The fourth-order valence-electron chi connectivity index (χ4n) is 1.47. The summed E-state index contributed by atoms with van der Waals surface area (Å²) < 4.78 is 1.70. The SMILES string of the molecule is C=C(CNC(C)(C)C)Cn1cccc(C)c1=O. The van der Waals surface area contributed by atoms with Gasteiger partial charge in [0.15, 0.2) is 0 Å².